The zero-order valence-corrected chi connectivity index (χ0v) is 12.2. The highest BCUT2D eigenvalue weighted by molar-refractivity contribution is 9.10. The predicted molar refractivity (Wildman–Crippen MR) is 77.1 cm³/mol. The van der Waals surface area contributed by atoms with Gasteiger partial charge in [-0.25, -0.2) is 9.18 Å². The first kappa shape index (κ1) is 14.1. The number of thioether (sulfide) groups is 1. The molecule has 1 N–H and O–H groups in total. The maximum absolute atomic E-state index is 13.3. The molecule has 5 heteroatoms. The molecular weight excluding hydrogens is 331 g/mol. The van der Waals surface area contributed by atoms with E-state index in [1.54, 1.807) is 6.07 Å². The summed E-state index contributed by atoms with van der Waals surface area (Å²) in [6, 6.07) is 11.9. The molecule has 0 bridgehead atoms. The van der Waals surface area contributed by atoms with Crippen LogP contribution in [0.15, 0.2) is 51.8 Å². The van der Waals surface area contributed by atoms with Crippen LogP contribution in [-0.2, 0) is 5.75 Å². The van der Waals surface area contributed by atoms with Gasteiger partial charge in [0, 0.05) is 15.1 Å². The molecule has 0 aliphatic rings. The third-order valence-corrected chi connectivity index (χ3v) is 4.34. The van der Waals surface area contributed by atoms with Gasteiger partial charge in [0.15, 0.2) is 0 Å². The van der Waals surface area contributed by atoms with E-state index in [4.69, 9.17) is 5.11 Å². The van der Waals surface area contributed by atoms with Crippen LogP contribution < -0.4 is 0 Å². The van der Waals surface area contributed by atoms with Gasteiger partial charge in [0.25, 0.3) is 0 Å². The maximum atomic E-state index is 13.3. The average molecular weight is 341 g/mol. The smallest absolute Gasteiger partial charge is 0.338 e. The van der Waals surface area contributed by atoms with Gasteiger partial charge in [-0.05, 0) is 29.8 Å². The Kier molecular flexibility index (Phi) is 4.61. The van der Waals surface area contributed by atoms with Gasteiger partial charge < -0.3 is 5.11 Å². The van der Waals surface area contributed by atoms with Gasteiger partial charge >= 0.3 is 5.97 Å². The fourth-order valence-corrected chi connectivity index (χ4v) is 3.08. The first-order valence-corrected chi connectivity index (χ1v) is 7.25. The van der Waals surface area contributed by atoms with E-state index in [1.807, 2.05) is 24.3 Å². The molecule has 0 saturated heterocycles. The zero-order valence-electron chi connectivity index (χ0n) is 9.77. The molecule has 98 valence electrons. The Hall–Kier alpha value is -1.33. The van der Waals surface area contributed by atoms with Crippen LogP contribution in [0.25, 0.3) is 0 Å². The molecule has 0 amide bonds. The van der Waals surface area contributed by atoms with Crippen molar-refractivity contribution in [2.45, 2.75) is 10.6 Å². The second-order valence-electron chi connectivity index (χ2n) is 3.83. The summed E-state index contributed by atoms with van der Waals surface area (Å²) in [5.74, 6) is -1.27. The number of hydrogen-bond donors (Lipinski definition) is 1. The summed E-state index contributed by atoms with van der Waals surface area (Å²) in [5, 5.41) is 8.86. The minimum Gasteiger partial charge on any atom is -0.478 e. The Bertz CT molecular complexity index is 616. The molecular formula is C14H10BrFO2S. The maximum Gasteiger partial charge on any atom is 0.338 e. The minimum absolute atomic E-state index is 0.294. The Morgan fingerprint density at radius 2 is 2.00 bits per heavy atom. The second kappa shape index (κ2) is 6.21. The molecule has 2 aromatic rings. The number of hydrogen-bond acceptors (Lipinski definition) is 2. The summed E-state index contributed by atoms with van der Waals surface area (Å²) in [7, 11) is 0. The van der Waals surface area contributed by atoms with E-state index in [2.05, 4.69) is 15.9 Å². The van der Waals surface area contributed by atoms with Crippen molar-refractivity contribution in [2.75, 3.05) is 0 Å². The number of aromatic carboxylic acids is 1. The third-order valence-electron chi connectivity index (χ3n) is 2.52. The lowest BCUT2D eigenvalue weighted by molar-refractivity contribution is 0.0691. The lowest BCUT2D eigenvalue weighted by atomic mass is 10.2. The average Bonchev–Trinajstić information content (AvgIpc) is 2.39. The molecule has 0 fully saturated rings. The standard InChI is InChI=1S/C14H10BrFO2S/c15-12-4-2-1-3-9(12)8-19-10-5-6-13(16)11(7-10)14(17)18/h1-7H,8H2,(H,17,18). The highest BCUT2D eigenvalue weighted by atomic mass is 79.9. The van der Waals surface area contributed by atoms with E-state index in [9.17, 15) is 9.18 Å². The van der Waals surface area contributed by atoms with E-state index in [0.29, 0.717) is 5.75 Å². The molecule has 0 aromatic heterocycles. The van der Waals surface area contributed by atoms with Crippen LogP contribution in [0, 0.1) is 5.82 Å². The Morgan fingerprint density at radius 3 is 2.68 bits per heavy atom. The van der Waals surface area contributed by atoms with Gasteiger partial charge in [0.1, 0.15) is 5.82 Å². The highest BCUT2D eigenvalue weighted by Crippen LogP contribution is 2.28. The Labute approximate surface area is 122 Å². The second-order valence-corrected chi connectivity index (χ2v) is 5.73. The van der Waals surface area contributed by atoms with Crippen LogP contribution in [-0.4, -0.2) is 11.1 Å². The highest BCUT2D eigenvalue weighted by Gasteiger charge is 2.11. The molecule has 0 aliphatic carbocycles. The van der Waals surface area contributed by atoms with Crippen molar-refractivity contribution in [3.8, 4) is 0 Å². The van der Waals surface area contributed by atoms with Crippen LogP contribution in [0.4, 0.5) is 4.39 Å². The van der Waals surface area contributed by atoms with Crippen molar-refractivity contribution in [2.24, 2.45) is 0 Å². The largest absolute Gasteiger partial charge is 0.478 e. The van der Waals surface area contributed by atoms with Crippen molar-refractivity contribution in [3.05, 3.63) is 63.9 Å². The van der Waals surface area contributed by atoms with Crippen LogP contribution in [0.3, 0.4) is 0 Å². The first-order valence-electron chi connectivity index (χ1n) is 5.47. The number of benzene rings is 2. The van der Waals surface area contributed by atoms with Crippen molar-refractivity contribution < 1.29 is 14.3 Å². The van der Waals surface area contributed by atoms with E-state index in [0.717, 1.165) is 14.9 Å². The molecule has 0 heterocycles. The summed E-state index contributed by atoms with van der Waals surface area (Å²) in [5.41, 5.74) is 0.811. The van der Waals surface area contributed by atoms with Gasteiger partial charge in [0.05, 0.1) is 5.56 Å². The van der Waals surface area contributed by atoms with Crippen LogP contribution in [0.2, 0.25) is 0 Å². The van der Waals surface area contributed by atoms with E-state index < -0.39 is 11.8 Å². The lowest BCUT2D eigenvalue weighted by Gasteiger charge is -2.05. The summed E-state index contributed by atoms with van der Waals surface area (Å²) >= 11 is 4.92. The number of halogens is 2. The minimum atomic E-state index is -1.25. The van der Waals surface area contributed by atoms with Crippen LogP contribution in [0.1, 0.15) is 15.9 Å². The number of carbonyl (C=O) groups is 1. The third kappa shape index (κ3) is 3.58. The van der Waals surface area contributed by atoms with Crippen molar-refractivity contribution >= 4 is 33.7 Å². The Morgan fingerprint density at radius 1 is 1.26 bits per heavy atom. The SMILES string of the molecule is O=C(O)c1cc(SCc2ccccc2Br)ccc1F. The van der Waals surface area contributed by atoms with Crippen LogP contribution >= 0.6 is 27.7 Å². The van der Waals surface area contributed by atoms with E-state index >= 15 is 0 Å². The quantitative estimate of drug-likeness (QED) is 0.827. The van der Waals surface area contributed by atoms with Crippen molar-refractivity contribution in [3.63, 3.8) is 0 Å². The fraction of sp³-hybridized carbons (Fsp3) is 0.0714. The normalized spacial score (nSPS) is 10.4. The summed E-state index contributed by atoms with van der Waals surface area (Å²) in [4.78, 5) is 11.6. The van der Waals surface area contributed by atoms with E-state index in [1.165, 1.54) is 23.9 Å². The topological polar surface area (TPSA) is 37.3 Å². The molecule has 0 saturated carbocycles. The molecule has 0 atom stereocenters. The molecule has 0 spiro atoms. The Balaban J connectivity index is 2.14. The van der Waals surface area contributed by atoms with Crippen molar-refractivity contribution in [1.82, 2.24) is 0 Å². The number of carboxylic acid groups (broad SMARTS) is 1. The van der Waals surface area contributed by atoms with Gasteiger partial charge in [0.2, 0.25) is 0 Å². The predicted octanol–water partition coefficient (Wildman–Crippen LogP) is 4.58. The van der Waals surface area contributed by atoms with E-state index in [-0.39, 0.29) is 5.56 Å². The fourth-order valence-electron chi connectivity index (χ4n) is 1.53. The number of carboxylic acids is 1. The lowest BCUT2D eigenvalue weighted by Crippen LogP contribution is -2.00. The van der Waals surface area contributed by atoms with Gasteiger partial charge in [-0.2, -0.15) is 0 Å². The molecule has 0 radical (unpaired) electrons. The molecule has 2 rings (SSSR count). The zero-order chi connectivity index (χ0) is 13.8. The van der Waals surface area contributed by atoms with Crippen LogP contribution in [0.5, 0.6) is 0 Å². The first-order chi connectivity index (χ1) is 9.08. The van der Waals surface area contributed by atoms with Gasteiger partial charge in [-0.3, -0.25) is 0 Å². The number of rotatable bonds is 4. The van der Waals surface area contributed by atoms with Crippen molar-refractivity contribution in [1.29, 1.82) is 0 Å². The van der Waals surface area contributed by atoms with Gasteiger partial charge in [-0.1, -0.05) is 34.1 Å². The summed E-state index contributed by atoms with van der Waals surface area (Å²) < 4.78 is 14.3. The molecule has 0 aliphatic heterocycles. The monoisotopic (exact) mass is 340 g/mol. The summed E-state index contributed by atoms with van der Waals surface area (Å²) in [6.07, 6.45) is 0. The molecule has 2 nitrogen and oxygen atoms in total. The molecule has 2 aromatic carbocycles. The summed E-state index contributed by atoms with van der Waals surface area (Å²) in [6.45, 7) is 0. The molecule has 19 heavy (non-hydrogen) atoms. The molecule has 0 unspecified atom stereocenters. The van der Waals surface area contributed by atoms with Gasteiger partial charge in [-0.15, -0.1) is 11.8 Å².